The fourth-order valence-electron chi connectivity index (χ4n) is 1.59. The lowest BCUT2D eigenvalue weighted by Gasteiger charge is -2.21. The highest BCUT2D eigenvalue weighted by atomic mass is 15.1. The highest BCUT2D eigenvalue weighted by molar-refractivity contribution is 5.19. The van der Waals surface area contributed by atoms with Crippen molar-refractivity contribution < 1.29 is 0 Å². The van der Waals surface area contributed by atoms with Crippen molar-refractivity contribution in [1.82, 2.24) is 15.2 Å². The molecule has 0 saturated heterocycles. The second kappa shape index (κ2) is 7.41. The summed E-state index contributed by atoms with van der Waals surface area (Å²) in [5.41, 5.74) is 2.50. The summed E-state index contributed by atoms with van der Waals surface area (Å²) in [5.74, 6) is 0. The van der Waals surface area contributed by atoms with Crippen LogP contribution in [0.2, 0.25) is 0 Å². The highest BCUT2D eigenvalue weighted by Gasteiger charge is 2.08. The number of aromatic nitrogens is 1. The van der Waals surface area contributed by atoms with E-state index in [9.17, 15) is 0 Å². The lowest BCUT2D eigenvalue weighted by molar-refractivity contribution is 0.261. The van der Waals surface area contributed by atoms with Crippen LogP contribution < -0.4 is 5.32 Å². The van der Waals surface area contributed by atoms with Crippen LogP contribution in [0.1, 0.15) is 38.4 Å². The van der Waals surface area contributed by atoms with Gasteiger partial charge in [-0.15, -0.1) is 0 Å². The fourth-order valence-corrected chi connectivity index (χ4v) is 1.59. The lowest BCUT2D eigenvalue weighted by atomic mass is 10.1. The normalized spacial score (nSPS) is 11.4. The van der Waals surface area contributed by atoms with Crippen LogP contribution in [0, 0.1) is 0 Å². The summed E-state index contributed by atoms with van der Waals surface area (Å²) in [6.45, 7) is 9.50. The van der Waals surface area contributed by atoms with Gasteiger partial charge in [-0.2, -0.15) is 0 Å². The summed E-state index contributed by atoms with van der Waals surface area (Å²) >= 11 is 0. The number of hydrogen-bond acceptors (Lipinski definition) is 3. The molecule has 0 saturated carbocycles. The van der Waals surface area contributed by atoms with E-state index >= 15 is 0 Å². The van der Waals surface area contributed by atoms with E-state index in [4.69, 9.17) is 0 Å². The van der Waals surface area contributed by atoms with Crippen molar-refractivity contribution >= 4 is 0 Å². The number of hydrogen-bond donors (Lipinski definition) is 1. The minimum Gasteiger partial charge on any atom is -0.313 e. The first-order valence-electron chi connectivity index (χ1n) is 6.48. The molecule has 0 aliphatic rings. The van der Waals surface area contributed by atoms with Gasteiger partial charge in [-0.1, -0.05) is 13.0 Å². The van der Waals surface area contributed by atoms with Crippen LogP contribution in [-0.2, 0) is 13.1 Å². The van der Waals surface area contributed by atoms with Crippen LogP contribution in [0.3, 0.4) is 0 Å². The van der Waals surface area contributed by atoms with Crippen molar-refractivity contribution in [2.75, 3.05) is 13.6 Å². The third-order valence-corrected chi connectivity index (χ3v) is 3.01. The van der Waals surface area contributed by atoms with Crippen LogP contribution in [0.4, 0.5) is 0 Å². The monoisotopic (exact) mass is 235 g/mol. The van der Waals surface area contributed by atoms with Crippen molar-refractivity contribution in [2.24, 2.45) is 0 Å². The largest absolute Gasteiger partial charge is 0.313 e. The molecule has 3 heteroatoms. The molecule has 96 valence electrons. The molecular weight excluding hydrogens is 210 g/mol. The quantitative estimate of drug-likeness (QED) is 0.736. The van der Waals surface area contributed by atoms with Crippen LogP contribution >= 0.6 is 0 Å². The first-order valence-corrected chi connectivity index (χ1v) is 6.48. The van der Waals surface area contributed by atoms with E-state index < -0.39 is 0 Å². The van der Waals surface area contributed by atoms with Crippen LogP contribution in [-0.4, -0.2) is 29.5 Å². The van der Waals surface area contributed by atoms with Crippen LogP contribution in [0.25, 0.3) is 0 Å². The van der Waals surface area contributed by atoms with Gasteiger partial charge in [0.1, 0.15) is 0 Å². The van der Waals surface area contributed by atoms with E-state index in [1.807, 2.05) is 12.3 Å². The molecule has 0 unspecified atom stereocenters. The van der Waals surface area contributed by atoms with Gasteiger partial charge in [0.05, 0.1) is 5.69 Å². The summed E-state index contributed by atoms with van der Waals surface area (Å²) in [6.07, 6.45) is 3.05. The lowest BCUT2D eigenvalue weighted by Crippen LogP contribution is -2.27. The molecule has 0 aliphatic heterocycles. The Balaban J connectivity index is 2.63. The maximum Gasteiger partial charge on any atom is 0.0588 e. The Labute approximate surface area is 105 Å². The topological polar surface area (TPSA) is 28.2 Å². The first kappa shape index (κ1) is 14.1. The standard InChI is InChI=1S/C14H25N3/c1-5-8-15-10-13-7-6-9-16-14(13)11-17(4)12(2)3/h6-7,9,12,15H,5,8,10-11H2,1-4H3. The third kappa shape index (κ3) is 4.84. The van der Waals surface area contributed by atoms with E-state index in [2.05, 4.69) is 49.1 Å². The minimum atomic E-state index is 0.549. The van der Waals surface area contributed by atoms with E-state index in [1.165, 1.54) is 17.7 Å². The Morgan fingerprint density at radius 1 is 1.41 bits per heavy atom. The molecule has 17 heavy (non-hydrogen) atoms. The second-order valence-electron chi connectivity index (χ2n) is 4.79. The first-order chi connectivity index (χ1) is 8.15. The molecule has 1 N–H and O–H groups in total. The van der Waals surface area contributed by atoms with Crippen LogP contribution in [0.15, 0.2) is 18.3 Å². The van der Waals surface area contributed by atoms with Gasteiger partial charge in [-0.3, -0.25) is 9.88 Å². The molecule has 0 radical (unpaired) electrons. The van der Waals surface area contributed by atoms with E-state index in [0.717, 1.165) is 19.6 Å². The molecular formula is C14H25N3. The average Bonchev–Trinajstić information content (AvgIpc) is 2.31. The smallest absolute Gasteiger partial charge is 0.0588 e. The Morgan fingerprint density at radius 2 is 2.18 bits per heavy atom. The van der Waals surface area contributed by atoms with Gasteiger partial charge in [0.25, 0.3) is 0 Å². The summed E-state index contributed by atoms with van der Waals surface area (Å²) in [6, 6.07) is 4.73. The molecule has 0 amide bonds. The van der Waals surface area contributed by atoms with Crippen molar-refractivity contribution in [3.8, 4) is 0 Å². The zero-order valence-electron chi connectivity index (χ0n) is 11.5. The maximum atomic E-state index is 4.50. The van der Waals surface area contributed by atoms with Gasteiger partial charge in [0.2, 0.25) is 0 Å². The molecule has 0 bridgehead atoms. The van der Waals surface area contributed by atoms with Gasteiger partial charge in [0.15, 0.2) is 0 Å². The highest BCUT2D eigenvalue weighted by Crippen LogP contribution is 2.09. The Bertz CT molecular complexity index is 323. The molecule has 0 spiro atoms. The number of nitrogens with zero attached hydrogens (tertiary/aromatic N) is 2. The Morgan fingerprint density at radius 3 is 2.82 bits per heavy atom. The van der Waals surface area contributed by atoms with Crippen molar-refractivity contribution in [1.29, 1.82) is 0 Å². The summed E-state index contributed by atoms with van der Waals surface area (Å²) in [5, 5.41) is 3.44. The SMILES string of the molecule is CCCNCc1cccnc1CN(C)C(C)C. The molecule has 0 aromatic carbocycles. The molecule has 1 heterocycles. The summed E-state index contributed by atoms with van der Waals surface area (Å²) < 4.78 is 0. The van der Waals surface area contributed by atoms with Gasteiger partial charge in [-0.25, -0.2) is 0 Å². The Kier molecular flexibility index (Phi) is 6.16. The maximum absolute atomic E-state index is 4.50. The zero-order valence-corrected chi connectivity index (χ0v) is 11.5. The predicted molar refractivity (Wildman–Crippen MR) is 72.8 cm³/mol. The number of rotatable bonds is 7. The zero-order chi connectivity index (χ0) is 12.7. The molecule has 0 atom stereocenters. The number of nitrogens with one attached hydrogen (secondary N) is 1. The van der Waals surface area contributed by atoms with E-state index in [0.29, 0.717) is 6.04 Å². The average molecular weight is 235 g/mol. The molecule has 0 fully saturated rings. The van der Waals surface area contributed by atoms with Crippen molar-refractivity contribution in [3.05, 3.63) is 29.6 Å². The Hall–Kier alpha value is -0.930. The molecule has 3 nitrogen and oxygen atoms in total. The van der Waals surface area contributed by atoms with Gasteiger partial charge in [0, 0.05) is 25.3 Å². The predicted octanol–water partition coefficient (Wildman–Crippen LogP) is 2.42. The molecule has 1 aromatic heterocycles. The van der Waals surface area contributed by atoms with Crippen molar-refractivity contribution in [3.63, 3.8) is 0 Å². The van der Waals surface area contributed by atoms with Gasteiger partial charge < -0.3 is 5.32 Å². The van der Waals surface area contributed by atoms with Crippen molar-refractivity contribution in [2.45, 2.75) is 46.3 Å². The molecule has 1 aromatic rings. The third-order valence-electron chi connectivity index (χ3n) is 3.01. The van der Waals surface area contributed by atoms with Gasteiger partial charge in [-0.05, 0) is 45.5 Å². The number of pyridine rings is 1. The van der Waals surface area contributed by atoms with Crippen LogP contribution in [0.5, 0.6) is 0 Å². The molecule has 0 aliphatic carbocycles. The van der Waals surface area contributed by atoms with E-state index in [1.54, 1.807) is 0 Å². The molecule has 1 rings (SSSR count). The minimum absolute atomic E-state index is 0.549. The fraction of sp³-hybridized carbons (Fsp3) is 0.643. The van der Waals surface area contributed by atoms with Gasteiger partial charge >= 0.3 is 0 Å². The summed E-state index contributed by atoms with van der Waals surface area (Å²) in [4.78, 5) is 6.81. The second-order valence-corrected chi connectivity index (χ2v) is 4.79. The summed E-state index contributed by atoms with van der Waals surface area (Å²) in [7, 11) is 2.14. The van der Waals surface area contributed by atoms with E-state index in [-0.39, 0.29) is 0 Å².